The van der Waals surface area contributed by atoms with Crippen molar-refractivity contribution >= 4 is 23.5 Å². The summed E-state index contributed by atoms with van der Waals surface area (Å²) >= 11 is 0. The lowest BCUT2D eigenvalue weighted by Gasteiger charge is -2.16. The number of hydrogen-bond acceptors (Lipinski definition) is 4. The van der Waals surface area contributed by atoms with Crippen LogP contribution in [-0.2, 0) is 11.2 Å². The largest absolute Gasteiger partial charge is 0.489 e. The van der Waals surface area contributed by atoms with Crippen LogP contribution in [0.1, 0.15) is 40.1 Å². The molecule has 136 valence electrons. The molecule has 2 aromatic rings. The Morgan fingerprint density at radius 3 is 2.46 bits per heavy atom. The van der Waals surface area contributed by atoms with E-state index >= 15 is 0 Å². The number of nitrogens with two attached hydrogens (primary N) is 1. The summed E-state index contributed by atoms with van der Waals surface area (Å²) in [6.45, 7) is 3.66. The van der Waals surface area contributed by atoms with Gasteiger partial charge in [-0.15, -0.1) is 0 Å². The molecule has 2 amide bonds. The third-order valence-electron chi connectivity index (χ3n) is 3.50. The summed E-state index contributed by atoms with van der Waals surface area (Å²) in [4.78, 5) is 35.0. The molecule has 2 aromatic carbocycles. The number of amides is 2. The van der Waals surface area contributed by atoms with E-state index in [0.717, 1.165) is 0 Å². The Bertz CT molecular complexity index is 846. The van der Waals surface area contributed by atoms with Crippen molar-refractivity contribution in [3.05, 3.63) is 59.2 Å². The highest BCUT2D eigenvalue weighted by molar-refractivity contribution is 5.99. The number of rotatable bonds is 7. The zero-order chi connectivity index (χ0) is 19.3. The lowest BCUT2D eigenvalue weighted by Crippen LogP contribution is -2.19. The van der Waals surface area contributed by atoms with Crippen LogP contribution in [0.4, 0.5) is 5.69 Å². The van der Waals surface area contributed by atoms with E-state index in [1.54, 1.807) is 24.3 Å². The molecule has 0 saturated heterocycles. The Balaban J connectivity index is 2.26. The van der Waals surface area contributed by atoms with Gasteiger partial charge in [-0.2, -0.15) is 0 Å². The summed E-state index contributed by atoms with van der Waals surface area (Å²) in [6.07, 6.45) is -0.275. The molecule has 26 heavy (non-hydrogen) atoms. The van der Waals surface area contributed by atoms with Crippen molar-refractivity contribution in [2.75, 3.05) is 5.32 Å². The van der Waals surface area contributed by atoms with E-state index < -0.39 is 17.8 Å². The van der Waals surface area contributed by atoms with Crippen LogP contribution in [0.15, 0.2) is 42.5 Å². The minimum Gasteiger partial charge on any atom is -0.489 e. The first kappa shape index (κ1) is 19.0. The fourth-order valence-electron chi connectivity index (χ4n) is 2.39. The van der Waals surface area contributed by atoms with Crippen LogP contribution in [-0.4, -0.2) is 29.0 Å². The molecule has 0 aliphatic heterocycles. The second kappa shape index (κ2) is 8.15. The molecule has 0 atom stereocenters. The first-order valence-corrected chi connectivity index (χ1v) is 7.99. The average Bonchev–Trinajstić information content (AvgIpc) is 2.56. The fourth-order valence-corrected chi connectivity index (χ4v) is 2.39. The van der Waals surface area contributed by atoms with Gasteiger partial charge in [-0.25, -0.2) is 4.79 Å². The molecule has 0 saturated carbocycles. The zero-order valence-electron chi connectivity index (χ0n) is 14.5. The summed E-state index contributed by atoms with van der Waals surface area (Å²) < 4.78 is 5.63. The van der Waals surface area contributed by atoms with Gasteiger partial charge < -0.3 is 20.9 Å². The predicted molar refractivity (Wildman–Crippen MR) is 96.5 cm³/mol. The number of primary amides is 1. The lowest BCUT2D eigenvalue weighted by atomic mass is 10.0. The van der Waals surface area contributed by atoms with Crippen molar-refractivity contribution in [1.82, 2.24) is 0 Å². The number of carboxylic acid groups (broad SMARTS) is 1. The molecule has 0 bridgehead atoms. The number of anilines is 1. The standard InChI is InChI=1S/C19H20N2O5/c1-11(2)26-16-8-7-13(18(20)23)9-15(16)21-17(22)10-12-5-3-4-6-14(12)19(24)25/h3-9,11H,10H2,1-2H3,(H2,20,23)(H,21,22)(H,24,25). The highest BCUT2D eigenvalue weighted by atomic mass is 16.5. The van der Waals surface area contributed by atoms with Crippen LogP contribution in [0.3, 0.4) is 0 Å². The quantitative estimate of drug-likeness (QED) is 0.704. The minimum absolute atomic E-state index is 0.0622. The monoisotopic (exact) mass is 356 g/mol. The minimum atomic E-state index is -1.10. The van der Waals surface area contributed by atoms with Gasteiger partial charge in [-0.3, -0.25) is 9.59 Å². The highest BCUT2D eigenvalue weighted by Crippen LogP contribution is 2.27. The Kier molecular flexibility index (Phi) is 5.95. The van der Waals surface area contributed by atoms with Crippen molar-refractivity contribution in [1.29, 1.82) is 0 Å². The summed E-state index contributed by atoms with van der Waals surface area (Å²) in [7, 11) is 0. The Hall–Kier alpha value is -3.35. The van der Waals surface area contributed by atoms with Crippen LogP contribution in [0.5, 0.6) is 5.75 Å². The molecule has 0 heterocycles. The van der Waals surface area contributed by atoms with Crippen molar-refractivity contribution in [2.24, 2.45) is 5.73 Å². The molecule has 0 unspecified atom stereocenters. The number of carbonyl (C=O) groups excluding carboxylic acids is 2. The molecular formula is C19H20N2O5. The van der Waals surface area contributed by atoms with Gasteiger partial charge in [0, 0.05) is 5.56 Å². The summed E-state index contributed by atoms with van der Waals surface area (Å²) in [5.74, 6) is -1.78. The first-order chi connectivity index (χ1) is 12.3. The molecule has 7 heteroatoms. The van der Waals surface area contributed by atoms with Gasteiger partial charge >= 0.3 is 5.97 Å². The molecule has 0 aliphatic rings. The predicted octanol–water partition coefficient (Wildman–Crippen LogP) is 2.45. The number of nitrogens with one attached hydrogen (secondary N) is 1. The van der Waals surface area contributed by atoms with Crippen molar-refractivity contribution in [3.8, 4) is 5.75 Å². The number of ether oxygens (including phenoxy) is 1. The third kappa shape index (κ3) is 4.83. The maximum Gasteiger partial charge on any atom is 0.335 e. The summed E-state index contributed by atoms with van der Waals surface area (Å²) in [5.41, 5.74) is 6.25. The molecule has 4 N–H and O–H groups in total. The SMILES string of the molecule is CC(C)Oc1ccc(C(N)=O)cc1NC(=O)Cc1ccccc1C(=O)O. The van der Waals surface area contributed by atoms with E-state index in [1.807, 2.05) is 13.8 Å². The van der Waals surface area contributed by atoms with E-state index in [0.29, 0.717) is 17.0 Å². The van der Waals surface area contributed by atoms with Gasteiger partial charge in [0.25, 0.3) is 0 Å². The maximum atomic E-state index is 12.4. The van der Waals surface area contributed by atoms with Gasteiger partial charge in [0.1, 0.15) is 5.75 Å². The normalized spacial score (nSPS) is 10.4. The van der Waals surface area contributed by atoms with Gasteiger partial charge in [0.15, 0.2) is 0 Å². The number of carboxylic acids is 1. The van der Waals surface area contributed by atoms with E-state index in [4.69, 9.17) is 10.5 Å². The Morgan fingerprint density at radius 1 is 1.15 bits per heavy atom. The van der Waals surface area contributed by atoms with Gasteiger partial charge in [-0.05, 0) is 43.7 Å². The zero-order valence-corrected chi connectivity index (χ0v) is 14.5. The molecule has 0 aromatic heterocycles. The van der Waals surface area contributed by atoms with Gasteiger partial charge in [0.2, 0.25) is 11.8 Å². The number of aromatic carboxylic acids is 1. The maximum absolute atomic E-state index is 12.4. The third-order valence-corrected chi connectivity index (χ3v) is 3.50. The summed E-state index contributed by atoms with van der Waals surface area (Å²) in [6, 6.07) is 10.8. The molecule has 2 rings (SSSR count). The topological polar surface area (TPSA) is 119 Å². The van der Waals surface area contributed by atoms with Crippen LogP contribution >= 0.6 is 0 Å². The second-order valence-corrected chi connectivity index (χ2v) is 5.93. The highest BCUT2D eigenvalue weighted by Gasteiger charge is 2.16. The van der Waals surface area contributed by atoms with Crippen molar-refractivity contribution in [3.63, 3.8) is 0 Å². The van der Waals surface area contributed by atoms with Gasteiger partial charge in [0.05, 0.1) is 23.8 Å². The molecule has 0 fully saturated rings. The van der Waals surface area contributed by atoms with Gasteiger partial charge in [-0.1, -0.05) is 18.2 Å². The molecular weight excluding hydrogens is 336 g/mol. The molecule has 7 nitrogen and oxygen atoms in total. The van der Waals surface area contributed by atoms with Crippen molar-refractivity contribution < 1.29 is 24.2 Å². The van der Waals surface area contributed by atoms with E-state index in [2.05, 4.69) is 5.32 Å². The first-order valence-electron chi connectivity index (χ1n) is 7.99. The lowest BCUT2D eigenvalue weighted by molar-refractivity contribution is -0.115. The van der Waals surface area contributed by atoms with E-state index in [1.165, 1.54) is 18.2 Å². The smallest absolute Gasteiger partial charge is 0.335 e. The van der Waals surface area contributed by atoms with Crippen LogP contribution in [0, 0.1) is 0 Å². The second-order valence-electron chi connectivity index (χ2n) is 5.93. The van der Waals surface area contributed by atoms with Crippen LogP contribution in [0.25, 0.3) is 0 Å². The fraction of sp³-hybridized carbons (Fsp3) is 0.211. The Labute approximate surface area is 150 Å². The van der Waals surface area contributed by atoms with E-state index in [-0.39, 0.29) is 23.7 Å². The Morgan fingerprint density at radius 2 is 1.85 bits per heavy atom. The van der Waals surface area contributed by atoms with Crippen LogP contribution in [0.2, 0.25) is 0 Å². The number of benzene rings is 2. The number of hydrogen-bond donors (Lipinski definition) is 3. The molecule has 0 spiro atoms. The van der Waals surface area contributed by atoms with Crippen molar-refractivity contribution in [2.45, 2.75) is 26.4 Å². The summed E-state index contributed by atoms with van der Waals surface area (Å²) in [5, 5.41) is 11.9. The molecule has 0 aliphatic carbocycles. The van der Waals surface area contributed by atoms with Crippen LogP contribution < -0.4 is 15.8 Å². The average molecular weight is 356 g/mol. The molecule has 0 radical (unpaired) electrons. The van der Waals surface area contributed by atoms with E-state index in [9.17, 15) is 19.5 Å². The number of carbonyl (C=O) groups is 3.